The van der Waals surface area contributed by atoms with Crippen molar-refractivity contribution in [3.8, 4) is 0 Å². The van der Waals surface area contributed by atoms with Gasteiger partial charge in [0.25, 0.3) is 0 Å². The lowest BCUT2D eigenvalue weighted by Gasteiger charge is -2.14. The van der Waals surface area contributed by atoms with Gasteiger partial charge in [0.15, 0.2) is 0 Å². The number of hydrogen-bond acceptors (Lipinski definition) is 3. The number of sulfonamides is 1. The van der Waals surface area contributed by atoms with Gasteiger partial charge in [0.2, 0.25) is 15.9 Å². The van der Waals surface area contributed by atoms with Crippen LogP contribution < -0.4 is 10.0 Å². The summed E-state index contributed by atoms with van der Waals surface area (Å²) in [4.78, 5) is 12.0. The van der Waals surface area contributed by atoms with E-state index in [1.54, 1.807) is 24.3 Å². The molecule has 134 valence electrons. The van der Waals surface area contributed by atoms with E-state index in [2.05, 4.69) is 10.0 Å². The van der Waals surface area contributed by atoms with Crippen LogP contribution in [0.15, 0.2) is 53.4 Å². The van der Waals surface area contributed by atoms with E-state index >= 15 is 0 Å². The fourth-order valence-electron chi connectivity index (χ4n) is 2.16. The molecular weight excluding hydrogens is 383 g/mol. The number of nitrogens with one attached hydrogen (secondary N) is 2. The molecule has 1 amide bonds. The van der Waals surface area contributed by atoms with Crippen LogP contribution in [0.4, 0.5) is 0 Å². The molecule has 0 aliphatic heterocycles. The van der Waals surface area contributed by atoms with Crippen molar-refractivity contribution in [2.75, 3.05) is 6.54 Å². The summed E-state index contributed by atoms with van der Waals surface area (Å²) in [5.41, 5.74) is 0.914. The molecule has 1 atom stereocenters. The number of carbonyl (C=O) groups excluding carboxylic acids is 1. The zero-order valence-corrected chi connectivity index (χ0v) is 15.8. The van der Waals surface area contributed by atoms with Gasteiger partial charge in [-0.2, -0.15) is 0 Å². The van der Waals surface area contributed by atoms with E-state index in [9.17, 15) is 13.2 Å². The molecule has 5 nitrogen and oxygen atoms in total. The maximum absolute atomic E-state index is 12.1. The Kier molecular flexibility index (Phi) is 6.84. The van der Waals surface area contributed by atoms with Crippen molar-refractivity contribution in [2.45, 2.75) is 24.3 Å². The van der Waals surface area contributed by atoms with Gasteiger partial charge < -0.3 is 5.32 Å². The summed E-state index contributed by atoms with van der Waals surface area (Å²) in [7, 11) is -3.69. The van der Waals surface area contributed by atoms with Gasteiger partial charge in [0.1, 0.15) is 0 Å². The van der Waals surface area contributed by atoms with Crippen LogP contribution in [0.2, 0.25) is 10.0 Å². The Labute approximate surface area is 157 Å². The highest BCUT2D eigenvalue weighted by atomic mass is 35.5. The third kappa shape index (κ3) is 6.01. The van der Waals surface area contributed by atoms with E-state index in [1.807, 2.05) is 19.1 Å². The second-order valence-corrected chi connectivity index (χ2v) is 8.09. The predicted molar refractivity (Wildman–Crippen MR) is 99.3 cm³/mol. The number of benzene rings is 2. The van der Waals surface area contributed by atoms with Gasteiger partial charge in [-0.1, -0.05) is 41.4 Å². The molecule has 0 aliphatic carbocycles. The number of carbonyl (C=O) groups is 1. The first-order chi connectivity index (χ1) is 11.8. The Balaban J connectivity index is 1.84. The average Bonchev–Trinajstić information content (AvgIpc) is 2.55. The van der Waals surface area contributed by atoms with E-state index in [-0.39, 0.29) is 29.8 Å². The van der Waals surface area contributed by atoms with Crippen molar-refractivity contribution in [1.82, 2.24) is 10.0 Å². The Morgan fingerprint density at radius 1 is 1.08 bits per heavy atom. The quantitative estimate of drug-likeness (QED) is 0.745. The highest BCUT2D eigenvalue weighted by molar-refractivity contribution is 7.89. The number of amides is 1. The standard InChI is InChI=1S/C17H18Cl2N2O3S/c1-12(13-5-7-14(18)8-6-13)21-17(22)9-10-20-25(23,24)16-4-2-3-15(19)11-16/h2-8,11-12,20H,9-10H2,1H3,(H,21,22). The molecule has 2 aromatic carbocycles. The highest BCUT2D eigenvalue weighted by Crippen LogP contribution is 2.16. The molecule has 0 bridgehead atoms. The van der Waals surface area contributed by atoms with Crippen LogP contribution in [0.25, 0.3) is 0 Å². The lowest BCUT2D eigenvalue weighted by molar-refractivity contribution is -0.121. The molecule has 0 spiro atoms. The van der Waals surface area contributed by atoms with Crippen molar-refractivity contribution in [2.24, 2.45) is 0 Å². The van der Waals surface area contributed by atoms with Crippen LogP contribution in [-0.2, 0) is 14.8 Å². The number of hydrogen-bond donors (Lipinski definition) is 2. The Hall–Kier alpha value is -1.60. The van der Waals surface area contributed by atoms with E-state index < -0.39 is 10.0 Å². The van der Waals surface area contributed by atoms with Gasteiger partial charge in [-0.3, -0.25) is 4.79 Å². The molecule has 0 fully saturated rings. The Morgan fingerprint density at radius 2 is 1.76 bits per heavy atom. The summed E-state index contributed by atoms with van der Waals surface area (Å²) in [5, 5.41) is 3.77. The molecule has 0 aliphatic rings. The van der Waals surface area contributed by atoms with Crippen molar-refractivity contribution < 1.29 is 13.2 Å². The van der Waals surface area contributed by atoms with E-state index in [0.717, 1.165) is 5.56 Å². The lowest BCUT2D eigenvalue weighted by Crippen LogP contribution is -2.32. The molecule has 0 saturated heterocycles. The molecule has 25 heavy (non-hydrogen) atoms. The molecule has 2 aromatic rings. The van der Waals surface area contributed by atoms with E-state index in [1.165, 1.54) is 12.1 Å². The fourth-order valence-corrected chi connectivity index (χ4v) is 3.62. The van der Waals surface area contributed by atoms with E-state index in [4.69, 9.17) is 23.2 Å². The summed E-state index contributed by atoms with van der Waals surface area (Å²) in [6, 6.07) is 12.9. The summed E-state index contributed by atoms with van der Waals surface area (Å²) >= 11 is 11.6. The van der Waals surface area contributed by atoms with Crippen molar-refractivity contribution in [1.29, 1.82) is 0 Å². The second kappa shape index (κ2) is 8.67. The highest BCUT2D eigenvalue weighted by Gasteiger charge is 2.15. The third-order valence-corrected chi connectivity index (χ3v) is 5.44. The zero-order valence-electron chi connectivity index (χ0n) is 13.5. The molecule has 2 rings (SSSR count). The second-order valence-electron chi connectivity index (χ2n) is 5.45. The summed E-state index contributed by atoms with van der Waals surface area (Å²) in [5.74, 6) is -0.253. The number of halogens is 2. The maximum Gasteiger partial charge on any atom is 0.240 e. The zero-order chi connectivity index (χ0) is 18.4. The van der Waals surface area contributed by atoms with Gasteiger partial charge in [-0.15, -0.1) is 0 Å². The Bertz CT molecular complexity index is 839. The minimum absolute atomic E-state index is 0.00593. The topological polar surface area (TPSA) is 75.3 Å². The van der Waals surface area contributed by atoms with Crippen LogP contribution in [-0.4, -0.2) is 20.9 Å². The smallest absolute Gasteiger partial charge is 0.240 e. The average molecular weight is 401 g/mol. The van der Waals surface area contributed by atoms with Crippen LogP contribution >= 0.6 is 23.2 Å². The first-order valence-electron chi connectivity index (χ1n) is 7.58. The molecule has 0 radical (unpaired) electrons. The molecule has 8 heteroatoms. The first kappa shape index (κ1) is 19.7. The SMILES string of the molecule is CC(NC(=O)CCNS(=O)(=O)c1cccc(Cl)c1)c1ccc(Cl)cc1. The molecule has 0 aromatic heterocycles. The van der Waals surface area contributed by atoms with Crippen LogP contribution in [0.3, 0.4) is 0 Å². The monoisotopic (exact) mass is 400 g/mol. The minimum Gasteiger partial charge on any atom is -0.350 e. The molecule has 1 unspecified atom stereocenters. The van der Waals surface area contributed by atoms with E-state index in [0.29, 0.717) is 10.0 Å². The first-order valence-corrected chi connectivity index (χ1v) is 9.82. The lowest BCUT2D eigenvalue weighted by atomic mass is 10.1. The van der Waals surface area contributed by atoms with Crippen LogP contribution in [0.1, 0.15) is 24.9 Å². The number of rotatable bonds is 7. The van der Waals surface area contributed by atoms with Gasteiger partial charge in [-0.05, 0) is 42.8 Å². The summed E-state index contributed by atoms with van der Waals surface area (Å²) < 4.78 is 26.6. The van der Waals surface area contributed by atoms with Crippen LogP contribution in [0, 0.1) is 0 Å². The Morgan fingerprint density at radius 3 is 2.40 bits per heavy atom. The predicted octanol–water partition coefficient (Wildman–Crippen LogP) is 3.54. The summed E-state index contributed by atoms with van der Waals surface area (Å²) in [6.45, 7) is 1.84. The largest absolute Gasteiger partial charge is 0.350 e. The van der Waals surface area contributed by atoms with Crippen LogP contribution in [0.5, 0.6) is 0 Å². The third-order valence-electron chi connectivity index (χ3n) is 3.50. The minimum atomic E-state index is -3.69. The fraction of sp³-hybridized carbons (Fsp3) is 0.235. The normalized spacial score (nSPS) is 12.6. The van der Waals surface area contributed by atoms with Gasteiger partial charge >= 0.3 is 0 Å². The van der Waals surface area contributed by atoms with Crippen molar-refractivity contribution in [3.05, 3.63) is 64.1 Å². The van der Waals surface area contributed by atoms with Gasteiger partial charge in [0.05, 0.1) is 10.9 Å². The van der Waals surface area contributed by atoms with Gasteiger partial charge in [0, 0.05) is 23.0 Å². The molecule has 0 saturated carbocycles. The van der Waals surface area contributed by atoms with Crippen molar-refractivity contribution >= 4 is 39.1 Å². The van der Waals surface area contributed by atoms with Gasteiger partial charge in [-0.25, -0.2) is 13.1 Å². The molecular formula is C17H18Cl2N2O3S. The summed E-state index contributed by atoms with van der Waals surface area (Å²) in [6.07, 6.45) is 0.0255. The van der Waals surface area contributed by atoms with Crippen molar-refractivity contribution in [3.63, 3.8) is 0 Å². The molecule has 0 heterocycles. The maximum atomic E-state index is 12.1. The molecule has 2 N–H and O–H groups in total.